The highest BCUT2D eigenvalue weighted by Crippen LogP contribution is 2.17. The van der Waals surface area contributed by atoms with E-state index in [2.05, 4.69) is 39.6 Å². The van der Waals surface area contributed by atoms with Crippen molar-refractivity contribution in [3.63, 3.8) is 0 Å². The molecule has 0 aromatic rings. The van der Waals surface area contributed by atoms with E-state index >= 15 is 0 Å². The van der Waals surface area contributed by atoms with Gasteiger partial charge in [-0.3, -0.25) is 0 Å². The van der Waals surface area contributed by atoms with E-state index in [4.69, 9.17) is 0 Å². The van der Waals surface area contributed by atoms with Gasteiger partial charge in [-0.25, -0.2) is 0 Å². The monoisotopic (exact) mass is 199 g/mol. The fourth-order valence-electron chi connectivity index (χ4n) is 1.69. The number of rotatable bonds is 8. The molecular formula is C13H29N. The molecule has 0 radical (unpaired) electrons. The van der Waals surface area contributed by atoms with Crippen molar-refractivity contribution in [2.75, 3.05) is 13.6 Å². The van der Waals surface area contributed by atoms with Crippen molar-refractivity contribution in [2.24, 2.45) is 5.92 Å². The van der Waals surface area contributed by atoms with Crippen molar-refractivity contribution in [3.05, 3.63) is 0 Å². The van der Waals surface area contributed by atoms with Gasteiger partial charge in [0.15, 0.2) is 0 Å². The smallest absolute Gasteiger partial charge is 0.00355 e. The maximum absolute atomic E-state index is 2.45. The zero-order chi connectivity index (χ0) is 11.0. The van der Waals surface area contributed by atoms with Gasteiger partial charge in [-0.2, -0.15) is 0 Å². The molecule has 0 saturated carbocycles. The lowest BCUT2D eigenvalue weighted by Crippen LogP contribution is -2.28. The molecule has 0 rings (SSSR count). The average Bonchev–Trinajstić information content (AvgIpc) is 2.17. The molecule has 0 fully saturated rings. The van der Waals surface area contributed by atoms with Crippen LogP contribution < -0.4 is 0 Å². The zero-order valence-corrected chi connectivity index (χ0v) is 10.8. The Kier molecular flexibility index (Phi) is 8.26. The third-order valence-corrected chi connectivity index (χ3v) is 3.31. The normalized spacial score (nSPS) is 13.9. The highest BCUT2D eigenvalue weighted by molar-refractivity contribution is 4.63. The third kappa shape index (κ3) is 6.42. The highest BCUT2D eigenvalue weighted by Gasteiger charge is 2.08. The van der Waals surface area contributed by atoms with E-state index in [1.54, 1.807) is 0 Å². The van der Waals surface area contributed by atoms with Crippen LogP contribution in [-0.4, -0.2) is 24.5 Å². The molecule has 0 bridgehead atoms. The van der Waals surface area contributed by atoms with Gasteiger partial charge in [0.1, 0.15) is 0 Å². The Morgan fingerprint density at radius 3 is 2.14 bits per heavy atom. The molecule has 0 saturated heterocycles. The summed E-state index contributed by atoms with van der Waals surface area (Å²) in [4.78, 5) is 2.45. The minimum absolute atomic E-state index is 0.693. The first-order valence-corrected chi connectivity index (χ1v) is 6.32. The van der Waals surface area contributed by atoms with Gasteiger partial charge in [0.25, 0.3) is 0 Å². The molecule has 1 heteroatoms. The summed E-state index contributed by atoms with van der Waals surface area (Å²) in [7, 11) is 2.23. The van der Waals surface area contributed by atoms with Gasteiger partial charge in [0.2, 0.25) is 0 Å². The topological polar surface area (TPSA) is 3.24 Å². The molecule has 0 aromatic heterocycles. The SMILES string of the molecule is CCCCC(CC)CCN(C)C(C)C. The highest BCUT2D eigenvalue weighted by atomic mass is 15.1. The van der Waals surface area contributed by atoms with Crippen molar-refractivity contribution in [3.8, 4) is 0 Å². The Balaban J connectivity index is 3.60. The molecule has 1 nitrogen and oxygen atoms in total. The summed E-state index contributed by atoms with van der Waals surface area (Å²) in [6.07, 6.45) is 6.91. The second-order valence-corrected chi connectivity index (χ2v) is 4.78. The van der Waals surface area contributed by atoms with Crippen LogP contribution in [-0.2, 0) is 0 Å². The Morgan fingerprint density at radius 1 is 1.07 bits per heavy atom. The standard InChI is InChI=1S/C13H29N/c1-6-8-9-13(7-2)10-11-14(5)12(3)4/h12-13H,6-11H2,1-5H3. The van der Waals surface area contributed by atoms with Crippen LogP contribution in [0.3, 0.4) is 0 Å². The lowest BCUT2D eigenvalue weighted by atomic mass is 9.95. The van der Waals surface area contributed by atoms with E-state index < -0.39 is 0 Å². The van der Waals surface area contributed by atoms with Crippen LogP contribution >= 0.6 is 0 Å². The summed E-state index contributed by atoms with van der Waals surface area (Å²) in [6, 6.07) is 0.693. The maximum Gasteiger partial charge on any atom is 0.00355 e. The zero-order valence-electron chi connectivity index (χ0n) is 10.8. The van der Waals surface area contributed by atoms with E-state index in [0.29, 0.717) is 6.04 Å². The molecule has 0 aliphatic rings. The van der Waals surface area contributed by atoms with Crippen molar-refractivity contribution in [2.45, 2.75) is 65.8 Å². The minimum Gasteiger partial charge on any atom is -0.304 e. The molecule has 0 aliphatic carbocycles. The fraction of sp³-hybridized carbons (Fsp3) is 1.00. The Bertz CT molecular complexity index is 120. The summed E-state index contributed by atoms with van der Waals surface area (Å²) in [6.45, 7) is 10.4. The van der Waals surface area contributed by atoms with Gasteiger partial charge in [-0.05, 0) is 39.8 Å². The molecule has 0 N–H and O–H groups in total. The van der Waals surface area contributed by atoms with E-state index in [0.717, 1.165) is 5.92 Å². The quantitative estimate of drug-likeness (QED) is 0.572. The second kappa shape index (κ2) is 8.28. The molecule has 1 atom stereocenters. The molecule has 0 aromatic carbocycles. The van der Waals surface area contributed by atoms with Crippen LogP contribution in [0.2, 0.25) is 0 Å². The molecule has 14 heavy (non-hydrogen) atoms. The Labute approximate surface area is 90.9 Å². The largest absolute Gasteiger partial charge is 0.304 e. The predicted octanol–water partition coefficient (Wildman–Crippen LogP) is 3.93. The van der Waals surface area contributed by atoms with Gasteiger partial charge >= 0.3 is 0 Å². The lowest BCUT2D eigenvalue weighted by molar-refractivity contribution is 0.244. The Morgan fingerprint density at radius 2 is 1.71 bits per heavy atom. The van der Waals surface area contributed by atoms with Gasteiger partial charge < -0.3 is 4.90 Å². The minimum atomic E-state index is 0.693. The van der Waals surface area contributed by atoms with Crippen LogP contribution in [0.4, 0.5) is 0 Å². The van der Waals surface area contributed by atoms with Gasteiger partial charge in [0, 0.05) is 6.04 Å². The van der Waals surface area contributed by atoms with E-state index in [-0.39, 0.29) is 0 Å². The van der Waals surface area contributed by atoms with Crippen LogP contribution in [0.25, 0.3) is 0 Å². The summed E-state index contributed by atoms with van der Waals surface area (Å²) in [5.41, 5.74) is 0. The molecular weight excluding hydrogens is 170 g/mol. The van der Waals surface area contributed by atoms with E-state index in [1.807, 2.05) is 0 Å². The van der Waals surface area contributed by atoms with Crippen molar-refractivity contribution >= 4 is 0 Å². The average molecular weight is 199 g/mol. The summed E-state index contributed by atoms with van der Waals surface area (Å²) in [5, 5.41) is 0. The second-order valence-electron chi connectivity index (χ2n) is 4.78. The molecule has 0 heterocycles. The molecule has 1 unspecified atom stereocenters. The first-order valence-electron chi connectivity index (χ1n) is 6.32. The fourth-order valence-corrected chi connectivity index (χ4v) is 1.69. The van der Waals surface area contributed by atoms with Crippen LogP contribution in [0.5, 0.6) is 0 Å². The van der Waals surface area contributed by atoms with Crippen molar-refractivity contribution in [1.29, 1.82) is 0 Å². The lowest BCUT2D eigenvalue weighted by Gasteiger charge is -2.23. The third-order valence-electron chi connectivity index (χ3n) is 3.31. The number of nitrogens with zero attached hydrogens (tertiary/aromatic N) is 1. The number of unbranched alkanes of at least 4 members (excludes halogenated alkanes) is 1. The summed E-state index contributed by atoms with van der Waals surface area (Å²) in [5.74, 6) is 0.955. The van der Waals surface area contributed by atoms with Gasteiger partial charge in [-0.1, -0.05) is 39.5 Å². The first kappa shape index (κ1) is 14.0. The number of hydrogen-bond acceptors (Lipinski definition) is 1. The molecule has 0 spiro atoms. The van der Waals surface area contributed by atoms with Crippen molar-refractivity contribution < 1.29 is 0 Å². The van der Waals surface area contributed by atoms with Crippen LogP contribution in [0.1, 0.15) is 59.8 Å². The summed E-state index contributed by atoms with van der Waals surface area (Å²) >= 11 is 0. The van der Waals surface area contributed by atoms with E-state index in [1.165, 1.54) is 38.6 Å². The van der Waals surface area contributed by atoms with Crippen LogP contribution in [0.15, 0.2) is 0 Å². The van der Waals surface area contributed by atoms with E-state index in [9.17, 15) is 0 Å². The van der Waals surface area contributed by atoms with Gasteiger partial charge in [0.05, 0.1) is 0 Å². The Hall–Kier alpha value is -0.0400. The molecule has 0 amide bonds. The van der Waals surface area contributed by atoms with Gasteiger partial charge in [-0.15, -0.1) is 0 Å². The van der Waals surface area contributed by atoms with Crippen molar-refractivity contribution in [1.82, 2.24) is 4.90 Å². The molecule has 86 valence electrons. The van der Waals surface area contributed by atoms with Crippen LogP contribution in [0, 0.1) is 5.92 Å². The first-order chi connectivity index (χ1) is 6.61. The predicted molar refractivity (Wildman–Crippen MR) is 65.7 cm³/mol. The molecule has 0 aliphatic heterocycles. The number of hydrogen-bond donors (Lipinski definition) is 0. The maximum atomic E-state index is 2.45. The summed E-state index contributed by atoms with van der Waals surface area (Å²) < 4.78 is 0.